The van der Waals surface area contributed by atoms with Crippen molar-refractivity contribution >= 4 is 23.5 Å². The number of benzene rings is 2. The van der Waals surface area contributed by atoms with Gasteiger partial charge in [-0.15, -0.1) is 0 Å². The van der Waals surface area contributed by atoms with E-state index in [9.17, 15) is 14.4 Å². The molecule has 0 heterocycles. The number of hydrogen-bond donors (Lipinski definition) is 2. The van der Waals surface area contributed by atoms with Gasteiger partial charge in [0.2, 0.25) is 0 Å². The van der Waals surface area contributed by atoms with Crippen molar-refractivity contribution in [1.82, 2.24) is 5.32 Å². The lowest BCUT2D eigenvalue weighted by Gasteiger charge is -2.14. The van der Waals surface area contributed by atoms with E-state index in [1.54, 1.807) is 31.4 Å². The van der Waals surface area contributed by atoms with E-state index in [4.69, 9.17) is 18.9 Å². The van der Waals surface area contributed by atoms with Crippen molar-refractivity contribution in [1.29, 1.82) is 0 Å². The van der Waals surface area contributed by atoms with E-state index in [1.807, 2.05) is 13.8 Å². The minimum atomic E-state index is -0.671. The summed E-state index contributed by atoms with van der Waals surface area (Å²) in [4.78, 5) is 36.3. The van der Waals surface area contributed by atoms with Gasteiger partial charge in [-0.25, -0.2) is 4.79 Å². The molecule has 33 heavy (non-hydrogen) atoms. The van der Waals surface area contributed by atoms with Crippen LogP contribution in [-0.4, -0.2) is 51.3 Å². The second-order valence-corrected chi connectivity index (χ2v) is 7.26. The molecule has 0 bridgehead atoms. The van der Waals surface area contributed by atoms with Crippen LogP contribution in [0.25, 0.3) is 0 Å². The molecule has 0 fully saturated rings. The molecule has 9 heteroatoms. The first-order valence-corrected chi connectivity index (χ1v) is 10.6. The van der Waals surface area contributed by atoms with E-state index in [0.29, 0.717) is 11.4 Å². The molecular formula is C24H30N2O7. The summed E-state index contributed by atoms with van der Waals surface area (Å²) in [5, 5.41) is 5.47. The number of carbonyl (C=O) groups excluding carboxylic acids is 3. The first-order valence-electron chi connectivity index (χ1n) is 10.6. The molecule has 2 aromatic rings. The molecule has 2 aromatic carbocycles. The van der Waals surface area contributed by atoms with E-state index in [1.165, 1.54) is 25.3 Å². The van der Waals surface area contributed by atoms with Crippen molar-refractivity contribution in [2.24, 2.45) is 0 Å². The number of amides is 2. The Bertz CT molecular complexity index is 944. The molecule has 0 radical (unpaired) electrons. The molecule has 0 aromatic heterocycles. The van der Waals surface area contributed by atoms with Crippen LogP contribution in [0.3, 0.4) is 0 Å². The molecule has 1 atom stereocenters. The van der Waals surface area contributed by atoms with Crippen LogP contribution in [0.5, 0.6) is 17.2 Å². The fourth-order valence-corrected chi connectivity index (χ4v) is 2.96. The van der Waals surface area contributed by atoms with Crippen LogP contribution in [0.4, 0.5) is 5.69 Å². The van der Waals surface area contributed by atoms with Gasteiger partial charge in [-0.05, 0) is 55.8 Å². The fourth-order valence-electron chi connectivity index (χ4n) is 2.96. The van der Waals surface area contributed by atoms with E-state index in [2.05, 4.69) is 10.6 Å². The lowest BCUT2D eigenvalue weighted by atomic mass is 10.2. The number of rotatable bonds is 12. The summed E-state index contributed by atoms with van der Waals surface area (Å²) in [5.74, 6) is -0.185. The zero-order valence-electron chi connectivity index (χ0n) is 19.3. The minimum Gasteiger partial charge on any atom is -0.497 e. The van der Waals surface area contributed by atoms with Crippen LogP contribution in [-0.2, 0) is 14.3 Å². The summed E-state index contributed by atoms with van der Waals surface area (Å²) < 4.78 is 20.9. The average molecular weight is 459 g/mol. The van der Waals surface area contributed by atoms with Gasteiger partial charge >= 0.3 is 5.97 Å². The Morgan fingerprint density at radius 1 is 0.909 bits per heavy atom. The molecule has 2 N–H and O–H groups in total. The molecule has 9 nitrogen and oxygen atoms in total. The van der Waals surface area contributed by atoms with Crippen LogP contribution in [0.1, 0.15) is 37.0 Å². The van der Waals surface area contributed by atoms with Gasteiger partial charge in [0.05, 0.1) is 19.8 Å². The average Bonchev–Trinajstić information content (AvgIpc) is 2.81. The van der Waals surface area contributed by atoms with Crippen molar-refractivity contribution < 1.29 is 33.3 Å². The summed E-state index contributed by atoms with van der Waals surface area (Å²) in [6, 6.07) is 11.3. The lowest BCUT2D eigenvalue weighted by Crippen LogP contribution is -2.35. The Kier molecular flexibility index (Phi) is 10.0. The number of ether oxygens (including phenoxy) is 4. The number of carbonyl (C=O) groups is 3. The molecule has 178 valence electrons. The molecule has 0 aliphatic rings. The highest BCUT2D eigenvalue weighted by Gasteiger charge is 2.15. The van der Waals surface area contributed by atoms with Crippen molar-refractivity contribution in [3.8, 4) is 17.2 Å². The third-order valence-electron chi connectivity index (χ3n) is 4.60. The molecule has 0 aliphatic heterocycles. The molecule has 0 saturated heterocycles. The van der Waals surface area contributed by atoms with E-state index in [-0.39, 0.29) is 48.1 Å². The number of nitrogens with one attached hydrogen (secondary N) is 2. The van der Waals surface area contributed by atoms with Crippen molar-refractivity contribution in [3.63, 3.8) is 0 Å². The van der Waals surface area contributed by atoms with E-state index in [0.717, 1.165) is 12.8 Å². The van der Waals surface area contributed by atoms with Crippen molar-refractivity contribution in [2.75, 3.05) is 32.8 Å². The summed E-state index contributed by atoms with van der Waals surface area (Å²) in [6.07, 6.45) is 1.79. The SMILES string of the molecule is CCCC(C)NC(=O)COC(=O)c1ccc(OCC(=O)Nc2ccc(OC)cc2)c(OC)c1. The smallest absolute Gasteiger partial charge is 0.338 e. The Hall–Kier alpha value is -3.75. The molecule has 2 rings (SSSR count). The van der Waals surface area contributed by atoms with Crippen LogP contribution in [0.15, 0.2) is 42.5 Å². The van der Waals surface area contributed by atoms with Gasteiger partial charge in [0.1, 0.15) is 5.75 Å². The van der Waals surface area contributed by atoms with Gasteiger partial charge in [-0.2, -0.15) is 0 Å². The van der Waals surface area contributed by atoms with Gasteiger partial charge in [0.15, 0.2) is 24.7 Å². The van der Waals surface area contributed by atoms with Crippen LogP contribution in [0.2, 0.25) is 0 Å². The Balaban J connectivity index is 1.89. The van der Waals surface area contributed by atoms with Gasteiger partial charge in [0.25, 0.3) is 11.8 Å². The number of hydrogen-bond acceptors (Lipinski definition) is 7. The highest BCUT2D eigenvalue weighted by molar-refractivity contribution is 5.93. The maximum atomic E-state index is 12.3. The Morgan fingerprint density at radius 3 is 2.27 bits per heavy atom. The molecular weight excluding hydrogens is 428 g/mol. The van der Waals surface area contributed by atoms with Crippen molar-refractivity contribution in [3.05, 3.63) is 48.0 Å². The summed E-state index contributed by atoms with van der Waals surface area (Å²) >= 11 is 0. The molecule has 0 saturated carbocycles. The van der Waals surface area contributed by atoms with Crippen LogP contribution in [0, 0.1) is 0 Å². The highest BCUT2D eigenvalue weighted by atomic mass is 16.5. The summed E-state index contributed by atoms with van der Waals surface area (Å²) in [6.45, 7) is 3.28. The molecule has 0 aliphatic carbocycles. The Morgan fingerprint density at radius 2 is 1.64 bits per heavy atom. The van der Waals surface area contributed by atoms with Gasteiger partial charge < -0.3 is 29.6 Å². The monoisotopic (exact) mass is 458 g/mol. The predicted octanol–water partition coefficient (Wildman–Crippen LogP) is 3.18. The van der Waals surface area contributed by atoms with Crippen molar-refractivity contribution in [2.45, 2.75) is 32.7 Å². The number of methoxy groups -OCH3 is 2. The normalized spacial score (nSPS) is 11.2. The van der Waals surface area contributed by atoms with Crippen LogP contribution >= 0.6 is 0 Å². The topological polar surface area (TPSA) is 112 Å². The third-order valence-corrected chi connectivity index (χ3v) is 4.60. The summed E-state index contributed by atoms with van der Waals surface area (Å²) in [5.41, 5.74) is 0.791. The zero-order chi connectivity index (χ0) is 24.2. The Labute approximate surface area is 193 Å². The summed E-state index contributed by atoms with van der Waals surface area (Å²) in [7, 11) is 2.98. The minimum absolute atomic E-state index is 0.0136. The second kappa shape index (κ2) is 12.9. The maximum absolute atomic E-state index is 12.3. The lowest BCUT2D eigenvalue weighted by molar-refractivity contribution is -0.124. The third kappa shape index (κ3) is 8.36. The zero-order valence-corrected chi connectivity index (χ0v) is 19.3. The maximum Gasteiger partial charge on any atom is 0.338 e. The first kappa shape index (κ1) is 25.5. The predicted molar refractivity (Wildman–Crippen MR) is 123 cm³/mol. The largest absolute Gasteiger partial charge is 0.497 e. The molecule has 1 unspecified atom stereocenters. The number of esters is 1. The van der Waals surface area contributed by atoms with Gasteiger partial charge in [0, 0.05) is 11.7 Å². The first-order chi connectivity index (χ1) is 15.9. The second-order valence-electron chi connectivity index (χ2n) is 7.26. The number of anilines is 1. The molecule has 2 amide bonds. The van der Waals surface area contributed by atoms with Gasteiger partial charge in [-0.3, -0.25) is 9.59 Å². The quantitative estimate of drug-likeness (QED) is 0.470. The standard InChI is InChI=1S/C24H30N2O7/c1-5-6-16(2)25-22(27)15-33-24(29)17-7-12-20(21(13-17)31-4)32-14-23(28)26-18-8-10-19(30-3)11-9-18/h7-13,16H,5-6,14-15H2,1-4H3,(H,25,27)(H,26,28). The van der Waals surface area contributed by atoms with E-state index >= 15 is 0 Å². The van der Waals surface area contributed by atoms with Gasteiger partial charge in [-0.1, -0.05) is 13.3 Å². The highest BCUT2D eigenvalue weighted by Crippen LogP contribution is 2.28. The van der Waals surface area contributed by atoms with E-state index < -0.39 is 5.97 Å². The molecule has 0 spiro atoms. The fraction of sp³-hybridized carbons (Fsp3) is 0.375. The van der Waals surface area contributed by atoms with Crippen LogP contribution < -0.4 is 24.8 Å².